The van der Waals surface area contributed by atoms with Crippen molar-refractivity contribution in [3.05, 3.63) is 63.8 Å². The average molecular weight is 666 g/mol. The highest BCUT2D eigenvalue weighted by atomic mass is 35.5. The molecule has 5 rings (SSSR count). The number of imidazole rings is 1. The lowest BCUT2D eigenvalue weighted by Gasteiger charge is -2.36. The van der Waals surface area contributed by atoms with Crippen molar-refractivity contribution in [1.29, 1.82) is 0 Å². The number of piperazine rings is 1. The SMILES string of the molecule is COc1ccc(-c2cnc(C(=O)Nc3ccc(C(=O)N4CCN(C(=O)[C@@H]5C[C@H](O)CN5)CC4)c(Cl)c3)n2C)c(Cl)c1F.O=CO. The molecule has 0 aliphatic carbocycles. The molecule has 3 aromatic rings. The van der Waals surface area contributed by atoms with Gasteiger partial charge in [0.25, 0.3) is 18.3 Å². The number of nitrogens with one attached hydrogen (secondary N) is 2. The smallest absolute Gasteiger partial charge is 0.291 e. The fourth-order valence-corrected chi connectivity index (χ4v) is 5.65. The summed E-state index contributed by atoms with van der Waals surface area (Å²) in [5.41, 5.74) is 1.38. The van der Waals surface area contributed by atoms with Gasteiger partial charge in [0, 0.05) is 51.0 Å². The van der Waals surface area contributed by atoms with Crippen LogP contribution in [0.4, 0.5) is 10.1 Å². The number of ether oxygens (including phenoxy) is 1. The molecule has 0 bridgehead atoms. The zero-order valence-corrected chi connectivity index (χ0v) is 25.8. The van der Waals surface area contributed by atoms with E-state index in [0.29, 0.717) is 56.1 Å². The molecule has 0 radical (unpaired) electrons. The van der Waals surface area contributed by atoms with Crippen LogP contribution in [0.2, 0.25) is 10.0 Å². The quantitative estimate of drug-likeness (QED) is 0.290. The second-order valence-corrected chi connectivity index (χ2v) is 11.0. The van der Waals surface area contributed by atoms with Crippen LogP contribution < -0.4 is 15.4 Å². The van der Waals surface area contributed by atoms with Crippen molar-refractivity contribution >= 4 is 53.1 Å². The van der Waals surface area contributed by atoms with E-state index in [4.69, 9.17) is 37.8 Å². The third kappa shape index (κ3) is 7.36. The van der Waals surface area contributed by atoms with Gasteiger partial charge in [-0.05, 0) is 36.8 Å². The number of methoxy groups -OCH3 is 1. The maximum atomic E-state index is 14.5. The summed E-state index contributed by atoms with van der Waals surface area (Å²) in [6.07, 6.45) is 1.27. The molecule has 0 saturated carbocycles. The first kappa shape index (κ1) is 33.6. The topological polar surface area (TPSA) is 166 Å². The second kappa shape index (κ2) is 14.7. The summed E-state index contributed by atoms with van der Waals surface area (Å²) in [6.45, 7) is 1.60. The Morgan fingerprint density at radius 1 is 1.13 bits per heavy atom. The van der Waals surface area contributed by atoms with Crippen molar-refractivity contribution in [2.75, 3.05) is 45.2 Å². The first-order chi connectivity index (χ1) is 21.5. The molecule has 0 spiro atoms. The van der Waals surface area contributed by atoms with E-state index < -0.39 is 23.9 Å². The number of aliphatic hydroxyl groups is 1. The van der Waals surface area contributed by atoms with Gasteiger partial charge in [-0.25, -0.2) is 9.37 Å². The molecular formula is C29H31Cl2FN6O7. The third-order valence-electron chi connectivity index (χ3n) is 7.48. The molecule has 45 heavy (non-hydrogen) atoms. The number of anilines is 1. The molecule has 4 N–H and O–H groups in total. The van der Waals surface area contributed by atoms with E-state index in [-0.39, 0.29) is 45.5 Å². The van der Waals surface area contributed by atoms with Crippen LogP contribution >= 0.6 is 23.2 Å². The van der Waals surface area contributed by atoms with Crippen LogP contribution in [0.15, 0.2) is 36.5 Å². The van der Waals surface area contributed by atoms with Crippen LogP contribution in [0.1, 0.15) is 27.4 Å². The molecule has 2 aliphatic heterocycles. The highest BCUT2D eigenvalue weighted by molar-refractivity contribution is 6.34. The predicted molar refractivity (Wildman–Crippen MR) is 163 cm³/mol. The fraction of sp³-hybridized carbons (Fsp3) is 0.345. The lowest BCUT2D eigenvalue weighted by molar-refractivity contribution is -0.134. The minimum atomic E-state index is -0.717. The van der Waals surface area contributed by atoms with E-state index in [1.165, 1.54) is 36.1 Å². The molecule has 13 nitrogen and oxygen atoms in total. The molecule has 2 saturated heterocycles. The number of carboxylic acid groups (broad SMARTS) is 1. The van der Waals surface area contributed by atoms with Crippen LogP contribution in [0.3, 0.4) is 0 Å². The number of amides is 3. The summed E-state index contributed by atoms with van der Waals surface area (Å²) < 4.78 is 20.9. The van der Waals surface area contributed by atoms with Gasteiger partial charge in [-0.2, -0.15) is 0 Å². The van der Waals surface area contributed by atoms with E-state index in [1.807, 2.05) is 0 Å². The predicted octanol–water partition coefficient (Wildman–Crippen LogP) is 2.50. The normalized spacial score (nSPS) is 17.7. The average Bonchev–Trinajstić information content (AvgIpc) is 3.63. The lowest BCUT2D eigenvalue weighted by Crippen LogP contribution is -2.54. The highest BCUT2D eigenvalue weighted by Gasteiger charge is 2.34. The fourth-order valence-electron chi connectivity index (χ4n) is 5.14. The Bertz CT molecular complexity index is 1600. The first-order valence-corrected chi connectivity index (χ1v) is 14.5. The molecule has 0 unspecified atom stereocenters. The number of rotatable bonds is 6. The summed E-state index contributed by atoms with van der Waals surface area (Å²) in [6, 6.07) is 7.18. The summed E-state index contributed by atoms with van der Waals surface area (Å²) in [5.74, 6) is -1.57. The number of hydrogen-bond donors (Lipinski definition) is 4. The van der Waals surface area contributed by atoms with Gasteiger partial charge >= 0.3 is 0 Å². The maximum absolute atomic E-state index is 14.5. The minimum Gasteiger partial charge on any atom is -0.494 e. The Labute approximate surface area is 267 Å². The number of aliphatic hydroxyl groups excluding tert-OH is 1. The number of nitrogens with zero attached hydrogens (tertiary/aromatic N) is 4. The number of aromatic nitrogens is 2. The Kier molecular flexibility index (Phi) is 11.0. The number of hydrogen-bond acceptors (Lipinski definition) is 8. The summed E-state index contributed by atoms with van der Waals surface area (Å²) >= 11 is 12.6. The molecule has 2 aliphatic rings. The number of benzene rings is 2. The summed E-state index contributed by atoms with van der Waals surface area (Å²) in [4.78, 5) is 54.7. The number of carbonyl (C=O) groups is 4. The zero-order chi connectivity index (χ0) is 32.8. The van der Waals surface area contributed by atoms with Crippen LogP contribution in [0.5, 0.6) is 5.75 Å². The number of halogens is 3. The number of β-amino-alcohol motifs (C(OH)–C–C–N with tert-alkyl or cyclic N) is 1. The molecule has 16 heteroatoms. The summed E-state index contributed by atoms with van der Waals surface area (Å²) in [7, 11) is 2.94. The summed E-state index contributed by atoms with van der Waals surface area (Å²) in [5, 5.41) is 22.3. The second-order valence-electron chi connectivity index (χ2n) is 10.2. The van der Waals surface area contributed by atoms with Gasteiger partial charge in [0.1, 0.15) is 0 Å². The van der Waals surface area contributed by atoms with E-state index in [2.05, 4.69) is 15.6 Å². The van der Waals surface area contributed by atoms with Crippen LogP contribution in [0, 0.1) is 5.82 Å². The number of carbonyl (C=O) groups excluding carboxylic acids is 3. The molecule has 2 aromatic carbocycles. The van der Waals surface area contributed by atoms with Crippen molar-refractivity contribution < 1.29 is 38.5 Å². The van der Waals surface area contributed by atoms with Gasteiger partial charge in [-0.3, -0.25) is 19.2 Å². The van der Waals surface area contributed by atoms with Crippen molar-refractivity contribution in [3.8, 4) is 17.0 Å². The molecule has 240 valence electrons. The molecular weight excluding hydrogens is 634 g/mol. The molecule has 3 amide bonds. The van der Waals surface area contributed by atoms with Crippen molar-refractivity contribution in [3.63, 3.8) is 0 Å². The Hall–Kier alpha value is -4.24. The van der Waals surface area contributed by atoms with Crippen molar-refractivity contribution in [2.45, 2.75) is 18.6 Å². The third-order valence-corrected chi connectivity index (χ3v) is 8.16. The monoisotopic (exact) mass is 664 g/mol. The van der Waals surface area contributed by atoms with Gasteiger partial charge in [-0.1, -0.05) is 23.2 Å². The van der Waals surface area contributed by atoms with E-state index in [0.717, 1.165) is 0 Å². The van der Waals surface area contributed by atoms with Crippen LogP contribution in [-0.2, 0) is 16.6 Å². The Morgan fingerprint density at radius 2 is 1.80 bits per heavy atom. The Morgan fingerprint density at radius 3 is 2.40 bits per heavy atom. The van der Waals surface area contributed by atoms with Crippen molar-refractivity contribution in [2.24, 2.45) is 7.05 Å². The van der Waals surface area contributed by atoms with Gasteiger partial charge in [0.05, 0.1) is 46.8 Å². The minimum absolute atomic E-state index is 0.00144. The van der Waals surface area contributed by atoms with Crippen molar-refractivity contribution in [1.82, 2.24) is 24.7 Å². The van der Waals surface area contributed by atoms with Crippen LogP contribution in [0.25, 0.3) is 11.3 Å². The van der Waals surface area contributed by atoms with Gasteiger partial charge in [0.2, 0.25) is 5.91 Å². The standard InChI is InChI=1S/C28H29Cl2FN6O5.CH2O2/c1-35-21(18-5-6-22(42-2)24(31)23(18)30)14-33-25(35)26(39)34-15-3-4-17(19(29)11-15)27(40)36-7-9-37(10-8-36)28(41)20-12-16(38)13-32-20;2-1-3/h3-6,11,14,16,20,32,38H,7-10,12-13H2,1-2H3,(H,34,39);1H,(H,2,3)/t16-,20-;/m0./s1. The van der Waals surface area contributed by atoms with Gasteiger partial charge < -0.3 is 40.0 Å². The molecule has 2 fully saturated rings. The molecule has 2 atom stereocenters. The van der Waals surface area contributed by atoms with E-state index in [9.17, 15) is 23.9 Å². The highest BCUT2D eigenvalue weighted by Crippen LogP contribution is 2.35. The maximum Gasteiger partial charge on any atom is 0.291 e. The van der Waals surface area contributed by atoms with E-state index in [1.54, 1.807) is 29.0 Å². The largest absolute Gasteiger partial charge is 0.494 e. The zero-order valence-electron chi connectivity index (χ0n) is 24.3. The van der Waals surface area contributed by atoms with Gasteiger partial charge in [0.15, 0.2) is 17.4 Å². The van der Waals surface area contributed by atoms with Crippen LogP contribution in [-0.4, -0.2) is 106 Å². The lowest BCUT2D eigenvalue weighted by atomic mass is 10.1. The Balaban J connectivity index is 0.00000148. The molecule has 3 heterocycles. The van der Waals surface area contributed by atoms with Gasteiger partial charge in [-0.15, -0.1) is 0 Å². The van der Waals surface area contributed by atoms with E-state index >= 15 is 0 Å². The molecule has 1 aromatic heterocycles. The first-order valence-electron chi connectivity index (χ1n) is 13.7.